The highest BCUT2D eigenvalue weighted by atomic mass is 16.5. The van der Waals surface area contributed by atoms with Crippen molar-refractivity contribution in [3.63, 3.8) is 0 Å². The fourth-order valence-corrected chi connectivity index (χ4v) is 1.79. The molecule has 0 bridgehead atoms. The molecule has 0 aliphatic rings. The minimum absolute atomic E-state index is 0.121. The van der Waals surface area contributed by atoms with Gasteiger partial charge in [0.25, 0.3) is 0 Å². The summed E-state index contributed by atoms with van der Waals surface area (Å²) in [7, 11) is 0. The molecule has 2 rings (SSSR count). The van der Waals surface area contributed by atoms with Gasteiger partial charge in [-0.3, -0.25) is 0 Å². The minimum Gasteiger partial charge on any atom is -0.498 e. The van der Waals surface area contributed by atoms with E-state index in [0.29, 0.717) is 6.61 Å². The van der Waals surface area contributed by atoms with Gasteiger partial charge < -0.3 is 9.14 Å². The Balaban J connectivity index is 2.33. The molecule has 0 amide bonds. The van der Waals surface area contributed by atoms with Crippen molar-refractivity contribution in [1.29, 1.82) is 0 Å². The highest BCUT2D eigenvalue weighted by molar-refractivity contribution is 5.43. The van der Waals surface area contributed by atoms with E-state index < -0.39 is 0 Å². The molecule has 0 radical (unpaired) electrons. The molecule has 0 N–H and O–H groups in total. The topological polar surface area (TPSA) is 26.5 Å². The summed E-state index contributed by atoms with van der Waals surface area (Å²) in [6.07, 6.45) is 4.06. The van der Waals surface area contributed by atoms with E-state index in [0.717, 1.165) is 17.1 Å². The van der Waals surface area contributed by atoms with Crippen molar-refractivity contribution in [2.45, 2.75) is 26.7 Å². The standard InChI is InChI=1S/C14H18N2O/c1-5-17-12(4)11(3)13-9-16-7-6-10(2)8-14(16)15-13/h6-9,11H,4-5H2,1-3H3. The molecule has 0 fully saturated rings. The van der Waals surface area contributed by atoms with E-state index in [9.17, 15) is 0 Å². The second kappa shape index (κ2) is 4.62. The van der Waals surface area contributed by atoms with E-state index in [4.69, 9.17) is 4.74 Å². The molecule has 0 saturated carbocycles. The summed E-state index contributed by atoms with van der Waals surface area (Å²) in [5.74, 6) is 0.891. The van der Waals surface area contributed by atoms with Crippen LogP contribution < -0.4 is 0 Å². The van der Waals surface area contributed by atoms with Crippen LogP contribution in [0.15, 0.2) is 36.9 Å². The summed E-state index contributed by atoms with van der Waals surface area (Å²) >= 11 is 0. The number of aromatic nitrogens is 2. The van der Waals surface area contributed by atoms with Gasteiger partial charge in [-0.25, -0.2) is 4.98 Å². The summed E-state index contributed by atoms with van der Waals surface area (Å²) in [5.41, 5.74) is 3.18. The van der Waals surface area contributed by atoms with E-state index in [2.05, 4.69) is 37.5 Å². The number of aryl methyl sites for hydroxylation is 1. The molecular formula is C14H18N2O. The lowest BCUT2D eigenvalue weighted by Gasteiger charge is -2.12. The molecule has 0 aromatic carbocycles. The maximum absolute atomic E-state index is 5.43. The zero-order valence-electron chi connectivity index (χ0n) is 10.6. The Morgan fingerprint density at radius 3 is 3.06 bits per heavy atom. The van der Waals surface area contributed by atoms with Gasteiger partial charge in [-0.2, -0.15) is 0 Å². The predicted molar refractivity (Wildman–Crippen MR) is 69.1 cm³/mol. The Kier molecular flexibility index (Phi) is 3.18. The number of fused-ring (bicyclic) bond motifs is 1. The first-order valence-corrected chi connectivity index (χ1v) is 5.88. The number of nitrogens with zero attached hydrogens (tertiary/aromatic N) is 2. The van der Waals surface area contributed by atoms with Crippen molar-refractivity contribution in [3.05, 3.63) is 48.1 Å². The van der Waals surface area contributed by atoms with Gasteiger partial charge in [0.15, 0.2) is 0 Å². The van der Waals surface area contributed by atoms with Crippen molar-refractivity contribution >= 4 is 5.65 Å². The number of imidazole rings is 1. The fourth-order valence-electron chi connectivity index (χ4n) is 1.79. The zero-order valence-corrected chi connectivity index (χ0v) is 10.6. The van der Waals surface area contributed by atoms with Crippen LogP contribution in [0.2, 0.25) is 0 Å². The Labute approximate surface area is 102 Å². The van der Waals surface area contributed by atoms with E-state index >= 15 is 0 Å². The van der Waals surface area contributed by atoms with Gasteiger partial charge in [0.05, 0.1) is 24.0 Å². The minimum atomic E-state index is 0.121. The molecule has 2 heterocycles. The van der Waals surface area contributed by atoms with Gasteiger partial charge in [0.1, 0.15) is 5.65 Å². The molecule has 2 aromatic rings. The van der Waals surface area contributed by atoms with Crippen LogP contribution in [0, 0.1) is 6.92 Å². The van der Waals surface area contributed by atoms with E-state index in [1.54, 1.807) is 0 Å². The number of hydrogen-bond donors (Lipinski definition) is 0. The van der Waals surface area contributed by atoms with Crippen molar-refractivity contribution in [1.82, 2.24) is 9.38 Å². The molecule has 3 nitrogen and oxygen atoms in total. The number of pyridine rings is 1. The number of hydrogen-bond acceptors (Lipinski definition) is 2. The summed E-state index contributed by atoms with van der Waals surface area (Å²) < 4.78 is 7.46. The van der Waals surface area contributed by atoms with Crippen LogP contribution in [0.3, 0.4) is 0 Å². The molecule has 1 atom stereocenters. The maximum atomic E-state index is 5.43. The third-order valence-corrected chi connectivity index (χ3v) is 2.89. The summed E-state index contributed by atoms with van der Waals surface area (Å²) in [6, 6.07) is 4.14. The van der Waals surface area contributed by atoms with Crippen LogP contribution in [0.1, 0.15) is 31.0 Å². The third kappa shape index (κ3) is 2.33. The number of allylic oxidation sites excluding steroid dienone is 1. The first-order chi connectivity index (χ1) is 8.11. The van der Waals surface area contributed by atoms with Crippen LogP contribution in [0.5, 0.6) is 0 Å². The molecule has 3 heteroatoms. The zero-order chi connectivity index (χ0) is 12.4. The average Bonchev–Trinajstić information content (AvgIpc) is 2.71. The summed E-state index contributed by atoms with van der Waals surface area (Å²) in [5, 5.41) is 0. The Morgan fingerprint density at radius 1 is 1.59 bits per heavy atom. The van der Waals surface area contributed by atoms with Crippen LogP contribution in [0.4, 0.5) is 0 Å². The molecule has 1 unspecified atom stereocenters. The van der Waals surface area contributed by atoms with Crippen molar-refractivity contribution in [2.75, 3.05) is 6.61 Å². The van der Waals surface area contributed by atoms with Gasteiger partial charge in [0, 0.05) is 12.4 Å². The van der Waals surface area contributed by atoms with Gasteiger partial charge in [-0.15, -0.1) is 0 Å². The Bertz CT molecular complexity index is 542. The normalized spacial score (nSPS) is 12.6. The molecule has 17 heavy (non-hydrogen) atoms. The van der Waals surface area contributed by atoms with Crippen LogP contribution >= 0.6 is 0 Å². The Morgan fingerprint density at radius 2 is 2.35 bits per heavy atom. The highest BCUT2D eigenvalue weighted by Gasteiger charge is 2.14. The average molecular weight is 230 g/mol. The smallest absolute Gasteiger partial charge is 0.137 e. The number of rotatable bonds is 4. The second-order valence-electron chi connectivity index (χ2n) is 4.26. The molecule has 0 spiro atoms. The van der Waals surface area contributed by atoms with Crippen molar-refractivity contribution in [2.24, 2.45) is 0 Å². The predicted octanol–water partition coefficient (Wildman–Crippen LogP) is 3.30. The maximum Gasteiger partial charge on any atom is 0.137 e. The fraction of sp³-hybridized carbons (Fsp3) is 0.357. The lowest BCUT2D eigenvalue weighted by Crippen LogP contribution is -2.01. The molecule has 0 aliphatic carbocycles. The molecular weight excluding hydrogens is 212 g/mol. The lowest BCUT2D eigenvalue weighted by molar-refractivity contribution is 0.212. The lowest BCUT2D eigenvalue weighted by atomic mass is 10.1. The first kappa shape index (κ1) is 11.7. The van der Waals surface area contributed by atoms with E-state index in [1.807, 2.05) is 23.7 Å². The molecule has 0 saturated heterocycles. The first-order valence-electron chi connectivity index (χ1n) is 5.88. The monoisotopic (exact) mass is 230 g/mol. The molecule has 90 valence electrons. The third-order valence-electron chi connectivity index (χ3n) is 2.89. The largest absolute Gasteiger partial charge is 0.498 e. The quantitative estimate of drug-likeness (QED) is 0.753. The van der Waals surface area contributed by atoms with Gasteiger partial charge in [0.2, 0.25) is 0 Å². The summed E-state index contributed by atoms with van der Waals surface area (Å²) in [4.78, 5) is 4.60. The van der Waals surface area contributed by atoms with Gasteiger partial charge >= 0.3 is 0 Å². The highest BCUT2D eigenvalue weighted by Crippen LogP contribution is 2.23. The van der Waals surface area contributed by atoms with Crippen molar-refractivity contribution < 1.29 is 4.74 Å². The number of ether oxygens (including phenoxy) is 1. The van der Waals surface area contributed by atoms with Gasteiger partial charge in [-0.05, 0) is 38.5 Å². The second-order valence-corrected chi connectivity index (χ2v) is 4.26. The van der Waals surface area contributed by atoms with E-state index in [-0.39, 0.29) is 5.92 Å². The van der Waals surface area contributed by atoms with Crippen LogP contribution in [0.25, 0.3) is 5.65 Å². The Hall–Kier alpha value is -1.77. The summed E-state index contributed by atoms with van der Waals surface area (Å²) in [6.45, 7) is 10.7. The van der Waals surface area contributed by atoms with E-state index in [1.165, 1.54) is 5.56 Å². The van der Waals surface area contributed by atoms with Crippen LogP contribution in [-0.4, -0.2) is 16.0 Å². The van der Waals surface area contributed by atoms with Gasteiger partial charge in [-0.1, -0.05) is 6.58 Å². The van der Waals surface area contributed by atoms with Crippen molar-refractivity contribution in [3.8, 4) is 0 Å². The molecule has 2 aromatic heterocycles. The molecule has 0 aliphatic heterocycles. The van der Waals surface area contributed by atoms with Crippen LogP contribution in [-0.2, 0) is 4.74 Å². The SMILES string of the molecule is C=C(OCC)C(C)c1cn2ccc(C)cc2n1.